The number of carbonyl (C=O) groups is 3. The number of amides is 2. The zero-order valence-corrected chi connectivity index (χ0v) is 31.7. The summed E-state index contributed by atoms with van der Waals surface area (Å²) in [5, 5.41) is 16.4. The molecule has 21 heteroatoms. The monoisotopic (exact) mass is 855 g/mol. The molecule has 2 aromatic heterocycles. The van der Waals surface area contributed by atoms with Gasteiger partial charge >= 0.3 is 18.9 Å². The molecule has 0 aliphatic carbocycles. The fraction of sp³-hybridized carbons (Fsp3) is 0.205. The maximum Gasteiger partial charge on any atom is 0.324 e. The molecular weight excluding hydrogens is 825 g/mol. The number of hydrogen-bond donors (Lipinski definition) is 1. The van der Waals surface area contributed by atoms with Crippen molar-refractivity contribution >= 4 is 39.8 Å². The average Bonchev–Trinajstić information content (AvgIpc) is 3.95. The van der Waals surface area contributed by atoms with Crippen LogP contribution in [-0.4, -0.2) is 76.9 Å². The van der Waals surface area contributed by atoms with Gasteiger partial charge in [0, 0.05) is 64.4 Å². The number of anilines is 2. The number of aromatic nitrogens is 4. The Morgan fingerprint density at radius 3 is 1.78 bits per heavy atom. The second-order valence-corrected chi connectivity index (χ2v) is 15.2. The second kappa shape index (κ2) is 18.8. The van der Waals surface area contributed by atoms with Crippen LogP contribution in [0, 0.1) is 11.6 Å². The van der Waals surface area contributed by atoms with Crippen LogP contribution in [0.15, 0.2) is 93.8 Å². The summed E-state index contributed by atoms with van der Waals surface area (Å²) in [4.78, 5) is 37.9. The number of hydrogen-bond acceptors (Lipinski definition) is 12. The van der Waals surface area contributed by atoms with Crippen LogP contribution >= 0.6 is 0 Å². The van der Waals surface area contributed by atoms with E-state index in [1.807, 2.05) is 0 Å². The van der Waals surface area contributed by atoms with Crippen LogP contribution in [0.5, 0.6) is 0 Å². The third-order valence-electron chi connectivity index (χ3n) is 8.85. The molecule has 60 heavy (non-hydrogen) atoms. The van der Waals surface area contributed by atoms with Crippen LogP contribution in [0.25, 0.3) is 22.9 Å². The zero-order valence-electron chi connectivity index (χ0n) is 30.9. The lowest BCUT2D eigenvalue weighted by molar-refractivity contribution is 0.111. The Hall–Kier alpha value is -6.90. The van der Waals surface area contributed by atoms with Crippen molar-refractivity contribution in [2.45, 2.75) is 25.9 Å². The molecular formula is C39H31F6N7O7S. The second-order valence-electron chi connectivity index (χ2n) is 12.9. The van der Waals surface area contributed by atoms with Gasteiger partial charge in [-0.3, -0.25) is 14.5 Å². The van der Waals surface area contributed by atoms with E-state index in [-0.39, 0.29) is 66.2 Å². The first-order chi connectivity index (χ1) is 28.7. The van der Waals surface area contributed by atoms with Gasteiger partial charge in [0.25, 0.3) is 11.8 Å². The largest absolute Gasteiger partial charge is 0.415 e. The molecule has 0 radical (unpaired) electrons. The van der Waals surface area contributed by atoms with Gasteiger partial charge in [0.1, 0.15) is 24.2 Å². The molecule has 0 atom stereocenters. The van der Waals surface area contributed by atoms with Gasteiger partial charge in [-0.1, -0.05) is 36.4 Å². The van der Waals surface area contributed by atoms with Crippen molar-refractivity contribution in [1.29, 1.82) is 0 Å². The van der Waals surface area contributed by atoms with Crippen LogP contribution in [-0.2, 0) is 22.9 Å². The first kappa shape index (κ1) is 42.7. The minimum Gasteiger partial charge on any atom is -0.415 e. The van der Waals surface area contributed by atoms with E-state index in [9.17, 15) is 44.8 Å². The third-order valence-corrected chi connectivity index (χ3v) is 10.5. The van der Waals surface area contributed by atoms with Crippen LogP contribution in [0.2, 0.25) is 0 Å². The first-order valence-corrected chi connectivity index (χ1v) is 19.5. The van der Waals surface area contributed by atoms with Gasteiger partial charge in [-0.05, 0) is 48.5 Å². The van der Waals surface area contributed by atoms with E-state index in [2.05, 4.69) is 25.7 Å². The molecule has 0 bridgehead atoms. The number of nitrogens with zero attached hydrogens (tertiary/aromatic N) is 6. The van der Waals surface area contributed by atoms with E-state index in [0.29, 0.717) is 34.4 Å². The van der Waals surface area contributed by atoms with Gasteiger partial charge in [-0.15, -0.1) is 20.4 Å². The fourth-order valence-electron chi connectivity index (χ4n) is 5.71. The molecule has 1 fully saturated rings. The van der Waals surface area contributed by atoms with Gasteiger partial charge in [-0.2, -0.15) is 17.6 Å². The van der Waals surface area contributed by atoms with Crippen LogP contribution in [0.4, 0.5) is 42.5 Å². The number of nitrogens with one attached hydrogen (secondary N) is 1. The molecule has 0 saturated carbocycles. The molecule has 312 valence electrons. The Labute approximate surface area is 336 Å². The number of alkyl halides is 4. The van der Waals surface area contributed by atoms with Crippen LogP contribution in [0.3, 0.4) is 0 Å². The Bertz CT molecular complexity index is 2590. The highest BCUT2D eigenvalue weighted by Gasteiger charge is 2.30. The minimum absolute atomic E-state index is 0.0178. The van der Waals surface area contributed by atoms with Gasteiger partial charge in [0.15, 0.2) is 9.84 Å². The molecule has 1 saturated heterocycles. The van der Waals surface area contributed by atoms with Crippen molar-refractivity contribution in [2.24, 2.45) is 0 Å². The van der Waals surface area contributed by atoms with Crippen molar-refractivity contribution < 1.29 is 58.0 Å². The van der Waals surface area contributed by atoms with E-state index >= 15 is 4.39 Å². The molecule has 7 rings (SSSR count). The summed E-state index contributed by atoms with van der Waals surface area (Å²) in [7, 11) is -3.24. The molecule has 0 unspecified atom stereocenters. The minimum atomic E-state index is -3.24. The van der Waals surface area contributed by atoms with E-state index in [4.69, 9.17) is 8.83 Å². The summed E-state index contributed by atoms with van der Waals surface area (Å²) in [5.41, 5.74) is 2.51. The molecule has 6 aromatic rings. The first-order valence-electron chi connectivity index (χ1n) is 17.7. The maximum absolute atomic E-state index is 15.0. The lowest BCUT2D eigenvalue weighted by atomic mass is 10.1. The van der Waals surface area contributed by atoms with E-state index in [1.54, 1.807) is 42.5 Å². The average molecular weight is 856 g/mol. The summed E-state index contributed by atoms with van der Waals surface area (Å²) in [6.07, 6.45) is -4.52. The molecule has 1 aliphatic rings. The molecule has 1 aliphatic heterocycles. The molecule has 14 nitrogen and oxygen atoms in total. The standard InChI is InChI=1S/C22H19F3N4O5S.C17H12F3N3O2/c23-18-11-15(20-26-27-21(34-20)19(24)25)4-5-16(18)12-29(17-3-1-2-14(10-17)13-30)22(31)28-6-8-35(32,33)9-7-28;18-14-7-11(16-22-23-17(25-16)15(19)20)4-5-12(14)8-21-13-3-1-2-10(6-13)9-24/h1-5,10-11,13,19H,6-9,12H2;1-7,9,15,21H,8H2. The number of carbonyl (C=O) groups excluding carboxylic acids is 3. The smallest absolute Gasteiger partial charge is 0.324 e. The van der Waals surface area contributed by atoms with E-state index in [0.717, 1.165) is 18.4 Å². The van der Waals surface area contributed by atoms with Gasteiger partial charge in [0.2, 0.25) is 11.8 Å². The Kier molecular flexibility index (Phi) is 13.4. The number of sulfone groups is 1. The van der Waals surface area contributed by atoms with Crippen molar-refractivity contribution in [3.05, 3.63) is 131 Å². The zero-order chi connectivity index (χ0) is 43.0. The third kappa shape index (κ3) is 10.6. The number of urea groups is 1. The molecule has 2 amide bonds. The van der Waals surface area contributed by atoms with Crippen molar-refractivity contribution in [2.75, 3.05) is 34.8 Å². The topological polar surface area (TPSA) is 182 Å². The van der Waals surface area contributed by atoms with Crippen molar-refractivity contribution in [3.8, 4) is 22.9 Å². The lowest BCUT2D eigenvalue weighted by Crippen LogP contribution is -2.49. The van der Waals surface area contributed by atoms with Gasteiger partial charge in [0.05, 0.1) is 18.1 Å². The molecule has 1 N–H and O–H groups in total. The number of halogens is 6. The van der Waals surface area contributed by atoms with Gasteiger partial charge < -0.3 is 19.1 Å². The molecule has 4 aromatic carbocycles. The number of benzene rings is 4. The Morgan fingerprint density at radius 2 is 1.27 bits per heavy atom. The Morgan fingerprint density at radius 1 is 0.733 bits per heavy atom. The number of rotatable bonds is 12. The summed E-state index contributed by atoms with van der Waals surface area (Å²) in [6, 6.07) is 20.3. The van der Waals surface area contributed by atoms with E-state index < -0.39 is 52.1 Å². The summed E-state index contributed by atoms with van der Waals surface area (Å²) >= 11 is 0. The summed E-state index contributed by atoms with van der Waals surface area (Å²) < 4.78 is 113. The molecule has 0 spiro atoms. The van der Waals surface area contributed by atoms with E-state index in [1.165, 1.54) is 40.1 Å². The lowest BCUT2D eigenvalue weighted by Gasteiger charge is -2.33. The highest BCUT2D eigenvalue weighted by atomic mass is 32.2. The SMILES string of the molecule is O=Cc1cccc(N(Cc2ccc(-c3nnc(C(F)F)o3)cc2F)C(=O)N2CCS(=O)(=O)CC2)c1.O=Cc1cccc(NCc2ccc(-c3nnc(C(F)F)o3)cc2F)c1. The normalized spacial score (nSPS) is 13.4. The highest BCUT2D eigenvalue weighted by molar-refractivity contribution is 7.91. The maximum atomic E-state index is 15.0. The Balaban J connectivity index is 0.000000213. The quantitative estimate of drug-likeness (QED) is 0.0936. The predicted molar refractivity (Wildman–Crippen MR) is 202 cm³/mol. The van der Waals surface area contributed by atoms with Crippen LogP contribution in [0.1, 0.15) is 56.5 Å². The van der Waals surface area contributed by atoms with Gasteiger partial charge in [-0.25, -0.2) is 22.0 Å². The van der Waals surface area contributed by atoms with Crippen molar-refractivity contribution in [1.82, 2.24) is 25.3 Å². The number of aldehydes is 2. The highest BCUT2D eigenvalue weighted by Crippen LogP contribution is 2.28. The molecule has 3 heterocycles. The van der Waals surface area contributed by atoms with Crippen LogP contribution < -0.4 is 10.2 Å². The fourth-order valence-corrected chi connectivity index (χ4v) is 6.91. The summed E-state index contributed by atoms with van der Waals surface area (Å²) in [6.45, 7) is -0.102. The predicted octanol–water partition coefficient (Wildman–Crippen LogP) is 7.72. The van der Waals surface area contributed by atoms with Crippen molar-refractivity contribution in [3.63, 3.8) is 0 Å². The summed E-state index contributed by atoms with van der Waals surface area (Å²) in [5.74, 6) is -3.84.